The van der Waals surface area contributed by atoms with Crippen molar-refractivity contribution in [3.05, 3.63) is 71.8 Å². The summed E-state index contributed by atoms with van der Waals surface area (Å²) in [5.41, 5.74) is 1.06. The first-order chi connectivity index (χ1) is 12.7. The summed E-state index contributed by atoms with van der Waals surface area (Å²) in [6, 6.07) is 17.9. The van der Waals surface area contributed by atoms with Gasteiger partial charge in [-0.15, -0.1) is 0 Å². The molecule has 0 aliphatic heterocycles. The van der Waals surface area contributed by atoms with Crippen molar-refractivity contribution in [2.45, 2.75) is 39.2 Å². The van der Waals surface area contributed by atoms with Gasteiger partial charge in [-0.1, -0.05) is 56.7 Å². The molecule has 0 saturated heterocycles. The van der Waals surface area contributed by atoms with Crippen molar-refractivity contribution in [2.75, 3.05) is 6.61 Å². The first-order valence-electron chi connectivity index (χ1n) is 9.13. The second-order valence-corrected chi connectivity index (χ2v) is 6.23. The van der Waals surface area contributed by atoms with Crippen molar-refractivity contribution in [3.8, 4) is 0 Å². The van der Waals surface area contributed by atoms with E-state index in [0.717, 1.165) is 19.3 Å². The van der Waals surface area contributed by atoms with Crippen molar-refractivity contribution in [1.29, 1.82) is 0 Å². The molecule has 2 aromatic carbocycles. The first kappa shape index (κ1) is 19.7. The molecule has 0 aromatic heterocycles. The Morgan fingerprint density at radius 3 is 1.88 bits per heavy atom. The van der Waals surface area contributed by atoms with E-state index >= 15 is 0 Å². The Morgan fingerprint density at radius 1 is 0.846 bits per heavy atom. The van der Waals surface area contributed by atoms with Crippen LogP contribution in [-0.2, 0) is 9.47 Å². The second kappa shape index (κ2) is 10.4. The summed E-state index contributed by atoms with van der Waals surface area (Å²) in [6.45, 7) is 4.29. The third-order valence-electron chi connectivity index (χ3n) is 4.33. The molecule has 4 heteroatoms. The minimum absolute atomic E-state index is 0.0322. The molecule has 2 rings (SSSR count). The predicted molar refractivity (Wildman–Crippen MR) is 101 cm³/mol. The lowest BCUT2D eigenvalue weighted by Crippen LogP contribution is -2.31. The van der Waals surface area contributed by atoms with Crippen LogP contribution in [0.5, 0.6) is 0 Å². The van der Waals surface area contributed by atoms with Gasteiger partial charge < -0.3 is 9.47 Å². The summed E-state index contributed by atoms with van der Waals surface area (Å²) in [5.74, 6) is -0.721. The minimum Gasteiger partial charge on any atom is -0.462 e. The highest BCUT2D eigenvalue weighted by molar-refractivity contribution is 5.89. The van der Waals surface area contributed by atoms with Gasteiger partial charge in [-0.25, -0.2) is 9.59 Å². The standard InChI is InChI=1S/C22H26O4/c1-3-11-20(26-22(24)19-14-9-6-10-15-19)17(4-2)16-25-21(23)18-12-7-5-8-13-18/h5-10,12-15,17,20H,3-4,11,16H2,1-2H3. The molecular formula is C22H26O4. The number of carbonyl (C=O) groups is 2. The molecule has 0 fully saturated rings. The van der Waals surface area contributed by atoms with E-state index in [9.17, 15) is 9.59 Å². The van der Waals surface area contributed by atoms with E-state index in [1.54, 1.807) is 36.4 Å². The quantitative estimate of drug-likeness (QED) is 0.601. The number of esters is 2. The summed E-state index contributed by atoms with van der Waals surface area (Å²) in [4.78, 5) is 24.5. The van der Waals surface area contributed by atoms with E-state index in [1.807, 2.05) is 38.1 Å². The fourth-order valence-electron chi connectivity index (χ4n) is 2.78. The Bertz CT molecular complexity index is 682. The summed E-state index contributed by atoms with van der Waals surface area (Å²) in [6.07, 6.45) is 2.10. The van der Waals surface area contributed by atoms with Crippen LogP contribution in [0.15, 0.2) is 60.7 Å². The Morgan fingerprint density at radius 2 is 1.38 bits per heavy atom. The molecule has 0 radical (unpaired) electrons. The van der Waals surface area contributed by atoms with Gasteiger partial charge in [0, 0.05) is 5.92 Å². The van der Waals surface area contributed by atoms with Gasteiger partial charge in [-0.3, -0.25) is 0 Å². The number of hydrogen-bond donors (Lipinski definition) is 0. The zero-order chi connectivity index (χ0) is 18.8. The molecule has 138 valence electrons. The highest BCUT2D eigenvalue weighted by Gasteiger charge is 2.25. The summed E-state index contributed by atoms with van der Waals surface area (Å²) in [7, 11) is 0. The third kappa shape index (κ3) is 5.73. The fraction of sp³-hybridized carbons (Fsp3) is 0.364. The molecule has 0 saturated carbocycles. The molecule has 2 atom stereocenters. The number of hydrogen-bond acceptors (Lipinski definition) is 4. The summed E-state index contributed by atoms with van der Waals surface area (Å²) >= 11 is 0. The lowest BCUT2D eigenvalue weighted by atomic mass is 9.96. The Hall–Kier alpha value is -2.62. The highest BCUT2D eigenvalue weighted by Crippen LogP contribution is 2.20. The molecule has 0 amide bonds. The zero-order valence-electron chi connectivity index (χ0n) is 15.4. The fourth-order valence-corrected chi connectivity index (χ4v) is 2.78. The summed E-state index contributed by atoms with van der Waals surface area (Å²) < 4.78 is 11.2. The van der Waals surface area contributed by atoms with E-state index in [1.165, 1.54) is 0 Å². The molecule has 0 N–H and O–H groups in total. The lowest BCUT2D eigenvalue weighted by Gasteiger charge is -2.26. The van der Waals surface area contributed by atoms with E-state index in [2.05, 4.69) is 0 Å². The van der Waals surface area contributed by atoms with Crippen LogP contribution in [0.1, 0.15) is 53.8 Å². The third-order valence-corrected chi connectivity index (χ3v) is 4.33. The van der Waals surface area contributed by atoms with Gasteiger partial charge in [0.1, 0.15) is 6.10 Å². The number of rotatable bonds is 9. The maximum atomic E-state index is 12.4. The molecular weight excluding hydrogens is 328 g/mol. The van der Waals surface area contributed by atoms with Gasteiger partial charge in [0.25, 0.3) is 0 Å². The van der Waals surface area contributed by atoms with Crippen LogP contribution in [0, 0.1) is 5.92 Å². The van der Waals surface area contributed by atoms with Gasteiger partial charge >= 0.3 is 11.9 Å². The first-order valence-corrected chi connectivity index (χ1v) is 9.13. The van der Waals surface area contributed by atoms with Crippen molar-refractivity contribution < 1.29 is 19.1 Å². The van der Waals surface area contributed by atoms with E-state index < -0.39 is 0 Å². The number of benzene rings is 2. The normalized spacial score (nSPS) is 12.8. The van der Waals surface area contributed by atoms with Crippen LogP contribution >= 0.6 is 0 Å². The van der Waals surface area contributed by atoms with Crippen molar-refractivity contribution in [2.24, 2.45) is 5.92 Å². The van der Waals surface area contributed by atoms with E-state index in [-0.39, 0.29) is 30.6 Å². The molecule has 0 heterocycles. The Balaban J connectivity index is 1.98. The molecule has 0 aliphatic carbocycles. The Labute approximate surface area is 155 Å². The molecule has 2 aromatic rings. The van der Waals surface area contributed by atoms with Crippen molar-refractivity contribution >= 4 is 11.9 Å². The van der Waals surface area contributed by atoms with Gasteiger partial charge in [-0.2, -0.15) is 0 Å². The number of ether oxygens (including phenoxy) is 2. The predicted octanol–water partition coefficient (Wildman–Crippen LogP) is 4.90. The smallest absolute Gasteiger partial charge is 0.338 e. The van der Waals surface area contributed by atoms with Gasteiger partial charge in [-0.05, 0) is 37.1 Å². The monoisotopic (exact) mass is 354 g/mol. The largest absolute Gasteiger partial charge is 0.462 e. The molecule has 4 nitrogen and oxygen atoms in total. The van der Waals surface area contributed by atoms with Crippen LogP contribution in [-0.4, -0.2) is 24.6 Å². The van der Waals surface area contributed by atoms with Gasteiger partial charge in [0.15, 0.2) is 0 Å². The molecule has 0 spiro atoms. The average Bonchev–Trinajstić information content (AvgIpc) is 2.69. The zero-order valence-corrected chi connectivity index (χ0v) is 15.4. The van der Waals surface area contributed by atoms with Crippen LogP contribution in [0.3, 0.4) is 0 Å². The van der Waals surface area contributed by atoms with E-state index in [4.69, 9.17) is 9.47 Å². The van der Waals surface area contributed by atoms with Crippen LogP contribution in [0.25, 0.3) is 0 Å². The number of carbonyl (C=O) groups excluding carboxylic acids is 2. The molecule has 0 aliphatic rings. The van der Waals surface area contributed by atoms with Crippen molar-refractivity contribution in [1.82, 2.24) is 0 Å². The second-order valence-electron chi connectivity index (χ2n) is 6.23. The Kier molecular flexibility index (Phi) is 7.87. The molecule has 0 bridgehead atoms. The van der Waals surface area contributed by atoms with Gasteiger partial charge in [0.2, 0.25) is 0 Å². The minimum atomic E-state index is -0.353. The molecule has 2 unspecified atom stereocenters. The van der Waals surface area contributed by atoms with Crippen LogP contribution < -0.4 is 0 Å². The molecule has 26 heavy (non-hydrogen) atoms. The summed E-state index contributed by atoms with van der Waals surface area (Å²) in [5, 5.41) is 0. The maximum absolute atomic E-state index is 12.4. The SMILES string of the molecule is CCCC(OC(=O)c1ccccc1)C(CC)COC(=O)c1ccccc1. The highest BCUT2D eigenvalue weighted by atomic mass is 16.6. The lowest BCUT2D eigenvalue weighted by molar-refractivity contribution is -0.00783. The van der Waals surface area contributed by atoms with Crippen molar-refractivity contribution in [3.63, 3.8) is 0 Å². The topological polar surface area (TPSA) is 52.6 Å². The maximum Gasteiger partial charge on any atom is 0.338 e. The average molecular weight is 354 g/mol. The van der Waals surface area contributed by atoms with Crippen LogP contribution in [0.2, 0.25) is 0 Å². The van der Waals surface area contributed by atoms with Crippen LogP contribution in [0.4, 0.5) is 0 Å². The van der Waals surface area contributed by atoms with E-state index in [0.29, 0.717) is 11.1 Å². The van der Waals surface area contributed by atoms with Gasteiger partial charge in [0.05, 0.1) is 17.7 Å².